The summed E-state index contributed by atoms with van der Waals surface area (Å²) >= 11 is 5.26. The van der Waals surface area contributed by atoms with Gasteiger partial charge in [-0.05, 0) is 11.8 Å². The molecule has 11 heavy (non-hydrogen) atoms. The van der Waals surface area contributed by atoms with Gasteiger partial charge in [0.15, 0.2) is 0 Å². The summed E-state index contributed by atoms with van der Waals surface area (Å²) in [4.78, 5) is 1.07. The molecular formula is C9H9NS. The average molecular weight is 163 g/mol. The molecule has 0 amide bonds. The molecule has 1 saturated carbocycles. The van der Waals surface area contributed by atoms with Crippen molar-refractivity contribution in [1.29, 1.82) is 0 Å². The molecule has 2 heterocycles. The van der Waals surface area contributed by atoms with Crippen molar-refractivity contribution in [3.05, 3.63) is 24.3 Å². The maximum absolute atomic E-state index is 5.26. The standard InChI is InChI=1S/C9H9NS/c11-9-8-6-3-1-5(10-9)2-4-7(6)8/h1-8H,(H,10,11). The Balaban J connectivity index is 2.11. The molecule has 1 N–H and O–H groups in total. The van der Waals surface area contributed by atoms with Gasteiger partial charge < -0.3 is 5.32 Å². The summed E-state index contributed by atoms with van der Waals surface area (Å²) in [5.74, 6) is 2.07. The smallest absolute Gasteiger partial charge is 0.0804 e. The summed E-state index contributed by atoms with van der Waals surface area (Å²) in [6.07, 6.45) is 9.07. The highest BCUT2D eigenvalue weighted by atomic mass is 32.1. The van der Waals surface area contributed by atoms with Crippen LogP contribution in [0.5, 0.6) is 0 Å². The number of allylic oxidation sites excluding steroid dienone is 2. The molecule has 56 valence electrons. The first-order valence-corrected chi connectivity index (χ1v) is 4.44. The van der Waals surface area contributed by atoms with E-state index in [-0.39, 0.29) is 0 Å². The molecule has 0 aromatic carbocycles. The molecule has 1 fully saturated rings. The molecule has 4 aliphatic rings. The van der Waals surface area contributed by atoms with E-state index in [4.69, 9.17) is 12.2 Å². The van der Waals surface area contributed by atoms with Crippen LogP contribution in [0, 0.1) is 17.8 Å². The van der Waals surface area contributed by atoms with E-state index in [0.29, 0.717) is 12.0 Å². The van der Waals surface area contributed by atoms with Crippen molar-refractivity contribution in [2.24, 2.45) is 17.8 Å². The van der Waals surface area contributed by atoms with E-state index in [2.05, 4.69) is 29.6 Å². The minimum atomic E-state index is 0.377. The van der Waals surface area contributed by atoms with Gasteiger partial charge in [-0.2, -0.15) is 0 Å². The highest BCUT2D eigenvalue weighted by molar-refractivity contribution is 7.80. The monoisotopic (exact) mass is 163 g/mol. The molecule has 4 rings (SSSR count). The minimum absolute atomic E-state index is 0.377. The van der Waals surface area contributed by atoms with Crippen LogP contribution in [-0.4, -0.2) is 11.0 Å². The van der Waals surface area contributed by atoms with Crippen molar-refractivity contribution in [3.8, 4) is 0 Å². The highest BCUT2D eigenvalue weighted by Crippen LogP contribution is 2.51. The summed E-state index contributed by atoms with van der Waals surface area (Å²) in [6, 6.07) is 0.377. The second-order valence-electron chi connectivity index (χ2n) is 3.48. The predicted molar refractivity (Wildman–Crippen MR) is 48.3 cm³/mol. The van der Waals surface area contributed by atoms with Crippen LogP contribution in [0.3, 0.4) is 0 Å². The fraction of sp³-hybridized carbons (Fsp3) is 0.444. The molecule has 2 unspecified atom stereocenters. The zero-order chi connectivity index (χ0) is 7.42. The van der Waals surface area contributed by atoms with Crippen LogP contribution in [0.1, 0.15) is 0 Å². The summed E-state index contributed by atoms with van der Waals surface area (Å²) in [5, 5.41) is 3.32. The Morgan fingerprint density at radius 3 is 2.36 bits per heavy atom. The first-order chi connectivity index (χ1) is 5.36. The first-order valence-electron chi connectivity index (χ1n) is 4.03. The van der Waals surface area contributed by atoms with Crippen molar-refractivity contribution < 1.29 is 0 Å². The molecule has 2 heteroatoms. The van der Waals surface area contributed by atoms with Crippen LogP contribution in [0.25, 0.3) is 0 Å². The van der Waals surface area contributed by atoms with Gasteiger partial charge in [-0.15, -0.1) is 0 Å². The van der Waals surface area contributed by atoms with Gasteiger partial charge in [0.05, 0.1) is 11.0 Å². The maximum atomic E-state index is 5.26. The van der Waals surface area contributed by atoms with Crippen molar-refractivity contribution >= 4 is 17.2 Å². The molecule has 1 nitrogen and oxygen atoms in total. The second-order valence-corrected chi connectivity index (χ2v) is 3.92. The van der Waals surface area contributed by atoms with Crippen molar-refractivity contribution in [2.75, 3.05) is 0 Å². The van der Waals surface area contributed by atoms with Crippen LogP contribution < -0.4 is 5.32 Å². The van der Waals surface area contributed by atoms with E-state index in [9.17, 15) is 0 Å². The molecule has 0 radical (unpaired) electrons. The van der Waals surface area contributed by atoms with Gasteiger partial charge >= 0.3 is 0 Å². The fourth-order valence-electron chi connectivity index (χ4n) is 2.12. The molecule has 0 spiro atoms. The quantitative estimate of drug-likeness (QED) is 0.426. The Morgan fingerprint density at radius 1 is 1.09 bits per heavy atom. The Hall–Kier alpha value is -0.630. The summed E-state index contributed by atoms with van der Waals surface area (Å²) in [7, 11) is 0. The Kier molecular flexibility index (Phi) is 0.946. The lowest BCUT2D eigenvalue weighted by Gasteiger charge is -2.08. The van der Waals surface area contributed by atoms with Gasteiger partial charge in [-0.3, -0.25) is 0 Å². The first kappa shape index (κ1) is 5.95. The van der Waals surface area contributed by atoms with Crippen molar-refractivity contribution in [1.82, 2.24) is 5.32 Å². The van der Waals surface area contributed by atoms with Crippen molar-refractivity contribution in [3.63, 3.8) is 0 Å². The van der Waals surface area contributed by atoms with Gasteiger partial charge in [0.1, 0.15) is 0 Å². The third-order valence-corrected chi connectivity index (χ3v) is 3.22. The Morgan fingerprint density at radius 2 is 1.73 bits per heavy atom. The van der Waals surface area contributed by atoms with Gasteiger partial charge in [0.25, 0.3) is 0 Å². The van der Waals surface area contributed by atoms with E-state index in [1.807, 2.05) is 0 Å². The SMILES string of the molecule is S=C1NC2C=CC3C(C=C2)C13. The number of hydrogen-bond donors (Lipinski definition) is 1. The number of hydrogen-bond acceptors (Lipinski definition) is 1. The molecule has 2 aliphatic carbocycles. The average Bonchev–Trinajstić information content (AvgIpc) is 2.64. The minimum Gasteiger partial charge on any atom is -0.370 e. The van der Waals surface area contributed by atoms with E-state index in [0.717, 1.165) is 16.8 Å². The summed E-state index contributed by atoms with van der Waals surface area (Å²) < 4.78 is 0. The number of rotatable bonds is 0. The summed E-state index contributed by atoms with van der Waals surface area (Å²) in [6.45, 7) is 0. The van der Waals surface area contributed by atoms with Crippen LogP contribution in [-0.2, 0) is 0 Å². The Labute approximate surface area is 71.2 Å². The molecule has 4 bridgehead atoms. The lowest BCUT2D eigenvalue weighted by atomic mass is 10.2. The lowest BCUT2D eigenvalue weighted by molar-refractivity contribution is 0.884. The van der Waals surface area contributed by atoms with Gasteiger partial charge in [-0.25, -0.2) is 0 Å². The topological polar surface area (TPSA) is 12.0 Å². The number of thiocarbonyl (C=S) groups is 1. The molecule has 0 aromatic heterocycles. The molecule has 0 aromatic rings. The molecule has 2 aliphatic heterocycles. The maximum Gasteiger partial charge on any atom is 0.0804 e. The number of fused-ring (bicyclic) bond motifs is 1. The van der Waals surface area contributed by atoms with Gasteiger partial charge in [-0.1, -0.05) is 36.5 Å². The zero-order valence-corrected chi connectivity index (χ0v) is 6.84. The van der Waals surface area contributed by atoms with E-state index < -0.39 is 0 Å². The van der Waals surface area contributed by atoms with Crippen LogP contribution >= 0.6 is 12.2 Å². The van der Waals surface area contributed by atoms with Crippen LogP contribution in [0.2, 0.25) is 0 Å². The zero-order valence-electron chi connectivity index (χ0n) is 6.03. The second kappa shape index (κ2) is 1.75. The molecule has 0 saturated heterocycles. The largest absolute Gasteiger partial charge is 0.370 e. The van der Waals surface area contributed by atoms with Crippen LogP contribution in [0.15, 0.2) is 24.3 Å². The third kappa shape index (κ3) is 0.679. The van der Waals surface area contributed by atoms with E-state index in [1.165, 1.54) is 0 Å². The highest BCUT2D eigenvalue weighted by Gasteiger charge is 2.51. The van der Waals surface area contributed by atoms with Crippen LogP contribution in [0.4, 0.5) is 0 Å². The normalized spacial score (nSPS) is 50.0. The lowest BCUT2D eigenvalue weighted by Crippen LogP contribution is -2.30. The predicted octanol–water partition coefficient (Wildman–Crippen LogP) is 1.27. The third-order valence-electron chi connectivity index (χ3n) is 2.83. The molecule has 2 atom stereocenters. The van der Waals surface area contributed by atoms with Gasteiger partial charge in [0, 0.05) is 5.92 Å². The molecular weight excluding hydrogens is 154 g/mol. The van der Waals surface area contributed by atoms with Gasteiger partial charge in [0.2, 0.25) is 0 Å². The van der Waals surface area contributed by atoms with E-state index in [1.54, 1.807) is 0 Å². The number of nitrogens with one attached hydrogen (secondary N) is 1. The van der Waals surface area contributed by atoms with E-state index >= 15 is 0 Å². The summed E-state index contributed by atoms with van der Waals surface area (Å²) in [5.41, 5.74) is 0. The van der Waals surface area contributed by atoms with Crippen molar-refractivity contribution in [2.45, 2.75) is 6.04 Å². The fourth-order valence-corrected chi connectivity index (χ4v) is 2.57. The Bertz CT molecular complexity index is 259.